The second-order valence-electron chi connectivity index (χ2n) is 3.99. The van der Waals surface area contributed by atoms with E-state index in [0.29, 0.717) is 0 Å². The largest absolute Gasteiger partial charge is 0.398 e. The molecule has 82 valence electrons. The molecule has 0 amide bonds. The average Bonchev–Trinajstić information content (AvgIpc) is 2.41. The van der Waals surface area contributed by atoms with E-state index in [4.69, 9.17) is 5.73 Å². The van der Waals surface area contributed by atoms with Crippen molar-refractivity contribution in [2.45, 2.75) is 0 Å². The van der Waals surface area contributed by atoms with E-state index < -0.39 is 0 Å². The van der Waals surface area contributed by atoms with E-state index in [0.717, 1.165) is 16.5 Å². The van der Waals surface area contributed by atoms with E-state index >= 15 is 0 Å². The molecular weight excluding hydrogens is 208 g/mol. The predicted molar refractivity (Wildman–Crippen MR) is 71.6 cm³/mol. The van der Waals surface area contributed by atoms with Gasteiger partial charge in [0.2, 0.25) is 0 Å². The van der Waals surface area contributed by atoms with Crippen molar-refractivity contribution >= 4 is 16.5 Å². The van der Waals surface area contributed by atoms with Crippen molar-refractivity contribution in [2.24, 2.45) is 0 Å². The summed E-state index contributed by atoms with van der Waals surface area (Å²) in [6.07, 6.45) is 3.64. The maximum Gasteiger partial charge on any atom is 0.0395 e. The molecule has 2 aromatic carbocycles. The quantitative estimate of drug-likeness (QED) is 0.637. The Kier molecular flexibility index (Phi) is 2.26. The molecule has 3 rings (SSSR count). The van der Waals surface area contributed by atoms with Crippen molar-refractivity contribution < 1.29 is 0 Å². The van der Waals surface area contributed by atoms with Gasteiger partial charge in [-0.3, -0.25) is 4.98 Å². The maximum absolute atomic E-state index is 5.98. The van der Waals surface area contributed by atoms with Crippen LogP contribution in [0.25, 0.3) is 21.9 Å². The number of nitrogen functional groups attached to an aromatic ring is 1. The standard InChI is InChI=1S/C15H12N2/c16-15-7-6-12(11-4-2-1-3-5-11)14-10-17-9-8-13(14)15/h1-10H,16H2. The molecule has 0 saturated carbocycles. The summed E-state index contributed by atoms with van der Waals surface area (Å²) < 4.78 is 0. The second-order valence-corrected chi connectivity index (χ2v) is 3.99. The van der Waals surface area contributed by atoms with Gasteiger partial charge < -0.3 is 5.73 Å². The molecule has 2 heteroatoms. The average molecular weight is 220 g/mol. The van der Waals surface area contributed by atoms with E-state index in [9.17, 15) is 0 Å². The maximum atomic E-state index is 5.98. The number of anilines is 1. The van der Waals surface area contributed by atoms with Gasteiger partial charge in [-0.2, -0.15) is 0 Å². The fraction of sp³-hybridized carbons (Fsp3) is 0. The zero-order chi connectivity index (χ0) is 11.7. The molecule has 1 aromatic heterocycles. The summed E-state index contributed by atoms with van der Waals surface area (Å²) >= 11 is 0. The Bertz CT molecular complexity index is 660. The third-order valence-electron chi connectivity index (χ3n) is 2.94. The van der Waals surface area contributed by atoms with Gasteiger partial charge in [-0.15, -0.1) is 0 Å². The molecule has 0 aliphatic rings. The van der Waals surface area contributed by atoms with Crippen LogP contribution in [0.5, 0.6) is 0 Å². The van der Waals surface area contributed by atoms with Gasteiger partial charge in [0.15, 0.2) is 0 Å². The third-order valence-corrected chi connectivity index (χ3v) is 2.94. The van der Waals surface area contributed by atoms with Gasteiger partial charge in [-0.1, -0.05) is 36.4 Å². The van der Waals surface area contributed by atoms with Crippen molar-refractivity contribution in [3.8, 4) is 11.1 Å². The normalized spacial score (nSPS) is 10.6. The lowest BCUT2D eigenvalue weighted by atomic mass is 9.99. The molecule has 0 atom stereocenters. The van der Waals surface area contributed by atoms with Crippen LogP contribution in [0.4, 0.5) is 5.69 Å². The lowest BCUT2D eigenvalue weighted by molar-refractivity contribution is 1.36. The second kappa shape index (κ2) is 3.91. The Morgan fingerprint density at radius 2 is 1.65 bits per heavy atom. The smallest absolute Gasteiger partial charge is 0.0395 e. The number of nitrogens with two attached hydrogens (primary N) is 1. The van der Waals surface area contributed by atoms with Gasteiger partial charge in [-0.25, -0.2) is 0 Å². The predicted octanol–water partition coefficient (Wildman–Crippen LogP) is 3.48. The first kappa shape index (κ1) is 9.85. The number of rotatable bonds is 1. The van der Waals surface area contributed by atoms with Crippen LogP contribution < -0.4 is 5.73 Å². The first-order valence-electron chi connectivity index (χ1n) is 5.54. The lowest BCUT2D eigenvalue weighted by Crippen LogP contribution is -1.89. The molecule has 2 N–H and O–H groups in total. The van der Waals surface area contributed by atoms with Crippen LogP contribution in [0.1, 0.15) is 0 Å². The summed E-state index contributed by atoms with van der Waals surface area (Å²) in [5, 5.41) is 2.15. The van der Waals surface area contributed by atoms with Gasteiger partial charge in [0.05, 0.1) is 0 Å². The Morgan fingerprint density at radius 1 is 0.824 bits per heavy atom. The lowest BCUT2D eigenvalue weighted by Gasteiger charge is -2.08. The highest BCUT2D eigenvalue weighted by Crippen LogP contribution is 2.30. The molecule has 0 unspecified atom stereocenters. The highest BCUT2D eigenvalue weighted by molar-refractivity contribution is 6.02. The van der Waals surface area contributed by atoms with E-state index in [1.165, 1.54) is 11.1 Å². The zero-order valence-electron chi connectivity index (χ0n) is 9.30. The first-order valence-corrected chi connectivity index (χ1v) is 5.54. The summed E-state index contributed by atoms with van der Waals surface area (Å²) in [6, 6.07) is 16.2. The third kappa shape index (κ3) is 1.64. The van der Waals surface area contributed by atoms with E-state index in [1.54, 1.807) is 6.20 Å². The molecule has 0 aliphatic carbocycles. The van der Waals surface area contributed by atoms with E-state index in [1.807, 2.05) is 36.5 Å². The van der Waals surface area contributed by atoms with Crippen LogP contribution in [0.3, 0.4) is 0 Å². The van der Waals surface area contributed by atoms with Gasteiger partial charge in [0, 0.05) is 28.9 Å². The molecule has 0 aliphatic heterocycles. The molecule has 17 heavy (non-hydrogen) atoms. The van der Waals surface area contributed by atoms with Crippen molar-refractivity contribution in [3.05, 3.63) is 60.9 Å². The Labute approximate surface area is 99.7 Å². The summed E-state index contributed by atoms with van der Waals surface area (Å²) in [4.78, 5) is 4.18. The van der Waals surface area contributed by atoms with E-state index in [-0.39, 0.29) is 0 Å². The van der Waals surface area contributed by atoms with Crippen LogP contribution >= 0.6 is 0 Å². The number of nitrogens with zero attached hydrogens (tertiary/aromatic N) is 1. The van der Waals surface area contributed by atoms with Crippen molar-refractivity contribution in [1.29, 1.82) is 0 Å². The molecule has 0 saturated heterocycles. The molecule has 0 bridgehead atoms. The van der Waals surface area contributed by atoms with Crippen LogP contribution in [-0.2, 0) is 0 Å². The molecular formula is C15H12N2. The fourth-order valence-electron chi connectivity index (χ4n) is 2.08. The van der Waals surface area contributed by atoms with E-state index in [2.05, 4.69) is 23.2 Å². The Hall–Kier alpha value is -2.35. The number of pyridine rings is 1. The van der Waals surface area contributed by atoms with Gasteiger partial charge in [0.25, 0.3) is 0 Å². The topological polar surface area (TPSA) is 38.9 Å². The minimum Gasteiger partial charge on any atom is -0.398 e. The van der Waals surface area contributed by atoms with Crippen LogP contribution in [0.15, 0.2) is 60.9 Å². The van der Waals surface area contributed by atoms with Crippen LogP contribution in [0.2, 0.25) is 0 Å². The number of hydrogen-bond acceptors (Lipinski definition) is 2. The van der Waals surface area contributed by atoms with Crippen LogP contribution in [0, 0.1) is 0 Å². The van der Waals surface area contributed by atoms with Crippen molar-refractivity contribution in [3.63, 3.8) is 0 Å². The highest BCUT2D eigenvalue weighted by atomic mass is 14.6. The van der Waals surface area contributed by atoms with Gasteiger partial charge in [0.1, 0.15) is 0 Å². The molecule has 0 fully saturated rings. The SMILES string of the molecule is Nc1ccc(-c2ccccc2)c2cnccc12. The number of fused-ring (bicyclic) bond motifs is 1. The molecule has 3 aromatic rings. The number of benzene rings is 2. The Morgan fingerprint density at radius 3 is 2.47 bits per heavy atom. The molecule has 0 radical (unpaired) electrons. The summed E-state index contributed by atoms with van der Waals surface area (Å²) in [6.45, 7) is 0. The number of aromatic nitrogens is 1. The van der Waals surface area contributed by atoms with Gasteiger partial charge in [-0.05, 0) is 23.3 Å². The monoisotopic (exact) mass is 220 g/mol. The van der Waals surface area contributed by atoms with Gasteiger partial charge >= 0.3 is 0 Å². The summed E-state index contributed by atoms with van der Waals surface area (Å²) in [5.41, 5.74) is 9.12. The summed E-state index contributed by atoms with van der Waals surface area (Å²) in [5.74, 6) is 0. The van der Waals surface area contributed by atoms with Crippen LogP contribution in [-0.4, -0.2) is 4.98 Å². The molecule has 0 spiro atoms. The minimum absolute atomic E-state index is 0.794. The zero-order valence-corrected chi connectivity index (χ0v) is 9.30. The minimum atomic E-state index is 0.794. The Balaban J connectivity index is 2.35. The molecule has 1 heterocycles. The highest BCUT2D eigenvalue weighted by Gasteiger charge is 2.05. The van der Waals surface area contributed by atoms with Crippen molar-refractivity contribution in [1.82, 2.24) is 4.98 Å². The first-order chi connectivity index (χ1) is 8.36. The van der Waals surface area contributed by atoms with Crippen molar-refractivity contribution in [2.75, 3.05) is 5.73 Å². The fourth-order valence-corrected chi connectivity index (χ4v) is 2.08. The molecule has 2 nitrogen and oxygen atoms in total. The number of hydrogen-bond donors (Lipinski definition) is 1. The summed E-state index contributed by atoms with van der Waals surface area (Å²) in [7, 11) is 0.